The number of phenolic OH excluding ortho intramolecular Hbond substituents is 1. The molecule has 1 aliphatic rings. The van der Waals surface area contributed by atoms with E-state index < -0.39 is 22.9 Å². The lowest BCUT2D eigenvalue weighted by Gasteiger charge is -2.32. The van der Waals surface area contributed by atoms with Crippen molar-refractivity contribution >= 4 is 22.6 Å². The van der Waals surface area contributed by atoms with Crippen LogP contribution >= 0.6 is 11.6 Å². The highest BCUT2D eigenvalue weighted by atomic mass is 35.5. The molecular weight excluding hydrogens is 447 g/mol. The SMILES string of the molecule is C[C@H]1C[NH+](Cc2c(O)ccc3c(=O)c(-c4ccc(Cl)cc4)c(C(F)(F)F)oc23)C[C@H](C)O1. The van der Waals surface area contributed by atoms with Crippen LogP contribution in [-0.4, -0.2) is 30.4 Å². The van der Waals surface area contributed by atoms with Crippen molar-refractivity contribution in [1.82, 2.24) is 0 Å². The largest absolute Gasteiger partial charge is 0.507 e. The lowest BCUT2D eigenvalue weighted by atomic mass is 10.00. The van der Waals surface area contributed by atoms with E-state index in [1.165, 1.54) is 36.4 Å². The van der Waals surface area contributed by atoms with E-state index in [4.69, 9.17) is 20.8 Å². The summed E-state index contributed by atoms with van der Waals surface area (Å²) in [6.07, 6.45) is -5.00. The number of hydrogen-bond donors (Lipinski definition) is 2. The van der Waals surface area contributed by atoms with Crippen molar-refractivity contribution < 1.29 is 32.3 Å². The van der Waals surface area contributed by atoms with Gasteiger partial charge in [0, 0.05) is 5.02 Å². The molecule has 0 amide bonds. The summed E-state index contributed by atoms with van der Waals surface area (Å²) in [5.74, 6) is -1.62. The van der Waals surface area contributed by atoms with Gasteiger partial charge in [0.05, 0.1) is 16.5 Å². The van der Waals surface area contributed by atoms with Gasteiger partial charge in [-0.1, -0.05) is 23.7 Å². The second-order valence-electron chi connectivity index (χ2n) is 8.17. The number of rotatable bonds is 3. The van der Waals surface area contributed by atoms with Gasteiger partial charge >= 0.3 is 6.18 Å². The molecule has 0 radical (unpaired) electrons. The van der Waals surface area contributed by atoms with E-state index in [-0.39, 0.29) is 46.6 Å². The molecule has 4 rings (SSSR count). The van der Waals surface area contributed by atoms with Gasteiger partial charge in [-0.15, -0.1) is 0 Å². The average Bonchev–Trinajstić information content (AvgIpc) is 2.69. The number of nitrogens with one attached hydrogen (secondary N) is 1. The third kappa shape index (κ3) is 4.35. The maximum atomic E-state index is 14.0. The molecule has 2 N–H and O–H groups in total. The van der Waals surface area contributed by atoms with Crippen LogP contribution in [0.1, 0.15) is 25.2 Å². The van der Waals surface area contributed by atoms with Crippen LogP contribution in [0, 0.1) is 0 Å². The summed E-state index contributed by atoms with van der Waals surface area (Å²) in [5, 5.41) is 10.8. The van der Waals surface area contributed by atoms with Gasteiger partial charge in [-0.3, -0.25) is 4.79 Å². The fourth-order valence-corrected chi connectivity index (χ4v) is 4.46. The van der Waals surface area contributed by atoms with Crippen molar-refractivity contribution in [2.45, 2.75) is 38.8 Å². The zero-order valence-corrected chi connectivity index (χ0v) is 18.2. The van der Waals surface area contributed by atoms with Gasteiger partial charge in [-0.05, 0) is 43.7 Å². The van der Waals surface area contributed by atoms with Crippen LogP contribution in [0.5, 0.6) is 5.75 Å². The van der Waals surface area contributed by atoms with E-state index >= 15 is 0 Å². The fourth-order valence-electron chi connectivity index (χ4n) is 4.34. The Labute approximate surface area is 187 Å². The van der Waals surface area contributed by atoms with Crippen LogP contribution in [0.4, 0.5) is 13.2 Å². The molecule has 0 aliphatic carbocycles. The Bertz CT molecular complexity index is 1200. The first-order valence-corrected chi connectivity index (χ1v) is 10.6. The van der Waals surface area contributed by atoms with Crippen LogP contribution < -0.4 is 10.3 Å². The fraction of sp³-hybridized carbons (Fsp3) is 0.348. The summed E-state index contributed by atoms with van der Waals surface area (Å²) >= 11 is 5.85. The molecule has 0 bridgehead atoms. The predicted octanol–water partition coefficient (Wildman–Crippen LogP) is 4.03. The molecule has 3 aromatic rings. The molecule has 2 aromatic carbocycles. The highest BCUT2D eigenvalue weighted by Crippen LogP contribution is 2.39. The molecule has 2 heterocycles. The number of quaternary nitrogens is 1. The molecular formula is C23H22ClF3NO4+. The Kier molecular flexibility index (Phi) is 5.96. The number of ether oxygens (including phenoxy) is 1. The minimum Gasteiger partial charge on any atom is -0.507 e. The average molecular weight is 469 g/mol. The van der Waals surface area contributed by atoms with E-state index in [9.17, 15) is 23.1 Å². The van der Waals surface area contributed by atoms with Crippen LogP contribution in [-0.2, 0) is 17.5 Å². The minimum atomic E-state index is -4.92. The number of halogens is 4. The first kappa shape index (κ1) is 22.6. The number of fused-ring (bicyclic) bond motifs is 1. The smallest absolute Gasteiger partial charge is 0.450 e. The number of alkyl halides is 3. The van der Waals surface area contributed by atoms with Crippen molar-refractivity contribution in [2.24, 2.45) is 0 Å². The summed E-state index contributed by atoms with van der Waals surface area (Å²) in [6.45, 7) is 5.25. The molecule has 0 saturated carbocycles. The van der Waals surface area contributed by atoms with Gasteiger partial charge in [0.15, 0.2) is 5.58 Å². The Morgan fingerprint density at radius 1 is 1.09 bits per heavy atom. The van der Waals surface area contributed by atoms with Gasteiger partial charge in [-0.25, -0.2) is 0 Å². The summed E-state index contributed by atoms with van der Waals surface area (Å²) < 4.78 is 53.0. The van der Waals surface area contributed by atoms with Gasteiger partial charge < -0.3 is 19.2 Å². The molecule has 2 atom stereocenters. The molecule has 0 unspecified atom stereocenters. The highest BCUT2D eigenvalue weighted by molar-refractivity contribution is 6.30. The molecule has 1 fully saturated rings. The quantitative estimate of drug-likeness (QED) is 0.609. The monoisotopic (exact) mass is 468 g/mol. The Balaban J connectivity index is 1.92. The standard InChI is InChI=1S/C23H21ClF3NO4/c1-12-9-28(10-13(2)31-12)11-17-18(29)8-7-16-20(30)19(14-3-5-15(24)6-4-14)22(23(25,26)27)32-21(16)17/h3-8,12-13,29H,9-11H2,1-2H3/p+1/t12-,13-/m0/s1. The number of benzene rings is 2. The second kappa shape index (κ2) is 8.42. The maximum Gasteiger partial charge on any atom is 0.450 e. The van der Waals surface area contributed by atoms with Crippen LogP contribution in [0.2, 0.25) is 5.02 Å². The highest BCUT2D eigenvalue weighted by Gasteiger charge is 2.40. The lowest BCUT2D eigenvalue weighted by Crippen LogP contribution is -3.14. The third-order valence-electron chi connectivity index (χ3n) is 5.57. The van der Waals surface area contributed by atoms with Crippen LogP contribution in [0.25, 0.3) is 22.1 Å². The summed E-state index contributed by atoms with van der Waals surface area (Å²) in [4.78, 5) is 14.3. The van der Waals surface area contributed by atoms with E-state index in [2.05, 4.69) is 0 Å². The number of phenols is 1. The molecule has 5 nitrogen and oxygen atoms in total. The van der Waals surface area contributed by atoms with Gasteiger partial charge in [0.2, 0.25) is 11.2 Å². The second-order valence-corrected chi connectivity index (χ2v) is 8.61. The van der Waals surface area contributed by atoms with Crippen molar-refractivity contribution in [1.29, 1.82) is 0 Å². The minimum absolute atomic E-state index is 0.0236. The molecule has 0 spiro atoms. The number of aromatic hydroxyl groups is 1. The van der Waals surface area contributed by atoms with Crippen LogP contribution in [0.15, 0.2) is 45.6 Å². The summed E-state index contributed by atoms with van der Waals surface area (Å²) in [6, 6.07) is 8.12. The zero-order chi connectivity index (χ0) is 23.2. The van der Waals surface area contributed by atoms with E-state index in [1.807, 2.05) is 13.8 Å². The predicted molar refractivity (Wildman–Crippen MR) is 114 cm³/mol. The van der Waals surface area contributed by atoms with Gasteiger partial charge in [-0.2, -0.15) is 13.2 Å². The van der Waals surface area contributed by atoms with Crippen molar-refractivity contribution in [3.05, 3.63) is 63.0 Å². The summed E-state index contributed by atoms with van der Waals surface area (Å²) in [5.41, 5.74) is -1.43. The van der Waals surface area contributed by atoms with E-state index in [0.717, 1.165) is 4.90 Å². The topological polar surface area (TPSA) is 64.1 Å². The van der Waals surface area contributed by atoms with Crippen molar-refractivity contribution in [3.8, 4) is 16.9 Å². The van der Waals surface area contributed by atoms with Crippen LogP contribution in [0.3, 0.4) is 0 Å². The molecule has 170 valence electrons. The molecule has 1 aromatic heterocycles. The Hall–Kier alpha value is -2.55. The number of morpholine rings is 1. The molecule has 1 aliphatic heterocycles. The Morgan fingerprint density at radius 2 is 1.72 bits per heavy atom. The Morgan fingerprint density at radius 3 is 2.31 bits per heavy atom. The van der Waals surface area contributed by atoms with E-state index in [1.54, 1.807) is 0 Å². The van der Waals surface area contributed by atoms with E-state index in [0.29, 0.717) is 18.1 Å². The zero-order valence-electron chi connectivity index (χ0n) is 17.4. The van der Waals surface area contributed by atoms with Crippen molar-refractivity contribution in [2.75, 3.05) is 13.1 Å². The molecule has 1 saturated heterocycles. The molecule has 9 heteroatoms. The summed E-state index contributed by atoms with van der Waals surface area (Å²) in [7, 11) is 0. The lowest BCUT2D eigenvalue weighted by molar-refractivity contribution is -0.928. The number of hydrogen-bond acceptors (Lipinski definition) is 4. The molecule has 32 heavy (non-hydrogen) atoms. The first-order chi connectivity index (χ1) is 15.0. The third-order valence-corrected chi connectivity index (χ3v) is 5.82. The van der Waals surface area contributed by atoms with Crippen molar-refractivity contribution in [3.63, 3.8) is 0 Å². The normalized spacial score (nSPS) is 21.8. The maximum absolute atomic E-state index is 14.0. The first-order valence-electron chi connectivity index (χ1n) is 10.2. The van der Waals surface area contributed by atoms with Gasteiger partial charge in [0.25, 0.3) is 0 Å². The van der Waals surface area contributed by atoms with Gasteiger partial charge in [0.1, 0.15) is 37.6 Å².